The zero-order chi connectivity index (χ0) is 22.8. The molecule has 0 aliphatic heterocycles. The van der Waals surface area contributed by atoms with Crippen molar-refractivity contribution in [1.82, 2.24) is 9.97 Å². The summed E-state index contributed by atoms with van der Waals surface area (Å²) in [6, 6.07) is 13.9. The smallest absolute Gasteiger partial charge is 0.356 e. The average Bonchev–Trinajstić information content (AvgIpc) is 3.24. The Morgan fingerprint density at radius 1 is 1.19 bits per heavy atom. The van der Waals surface area contributed by atoms with Gasteiger partial charge in [-0.3, -0.25) is 0 Å². The van der Waals surface area contributed by atoms with Crippen LogP contribution in [0.15, 0.2) is 48.5 Å². The lowest BCUT2D eigenvalue weighted by molar-refractivity contribution is 0.0594. The molecule has 0 radical (unpaired) electrons. The van der Waals surface area contributed by atoms with Gasteiger partial charge in [0.25, 0.3) is 0 Å². The number of thiazole rings is 1. The number of aromatic nitrogens is 2. The molecule has 0 saturated heterocycles. The van der Waals surface area contributed by atoms with Crippen LogP contribution in [0, 0.1) is 23.0 Å². The van der Waals surface area contributed by atoms with E-state index in [9.17, 15) is 18.8 Å². The van der Waals surface area contributed by atoms with Gasteiger partial charge >= 0.3 is 5.97 Å². The van der Waals surface area contributed by atoms with E-state index in [1.165, 1.54) is 31.4 Å². The van der Waals surface area contributed by atoms with E-state index in [0.717, 1.165) is 11.3 Å². The number of nitrogens with zero attached hydrogens (tertiary/aromatic N) is 4. The summed E-state index contributed by atoms with van der Waals surface area (Å²) in [4.78, 5) is 23.0. The molecule has 4 aromatic rings. The Hall–Kier alpha value is -3.90. The summed E-state index contributed by atoms with van der Waals surface area (Å²) in [5.74, 6) is -1.66. The highest BCUT2D eigenvalue weighted by atomic mass is 32.1. The van der Waals surface area contributed by atoms with Crippen molar-refractivity contribution in [2.24, 2.45) is 0 Å². The summed E-state index contributed by atoms with van der Waals surface area (Å²) in [5.41, 5.74) is 1.50. The summed E-state index contributed by atoms with van der Waals surface area (Å²) in [5, 5.41) is 10.6. The van der Waals surface area contributed by atoms with Crippen molar-refractivity contribution in [2.75, 3.05) is 18.6 Å². The molecule has 0 aliphatic rings. The first-order chi connectivity index (χ1) is 15.5. The van der Waals surface area contributed by atoms with Gasteiger partial charge in [0.1, 0.15) is 33.8 Å². The van der Waals surface area contributed by atoms with Crippen molar-refractivity contribution in [3.8, 4) is 17.3 Å². The van der Waals surface area contributed by atoms with Gasteiger partial charge in [0, 0.05) is 17.5 Å². The quantitative estimate of drug-likeness (QED) is 0.376. The molecule has 0 aliphatic carbocycles. The lowest BCUT2D eigenvalue weighted by Crippen LogP contribution is -2.18. The van der Waals surface area contributed by atoms with Gasteiger partial charge in [-0.15, -0.1) is 0 Å². The summed E-state index contributed by atoms with van der Waals surface area (Å²) < 4.78 is 32.7. The predicted molar refractivity (Wildman–Crippen MR) is 118 cm³/mol. The number of fused-ring (bicyclic) bond motifs is 1. The number of pyridine rings is 1. The number of carbonyl (C=O) groups is 1. The Bertz CT molecular complexity index is 1360. The van der Waals surface area contributed by atoms with Crippen molar-refractivity contribution in [2.45, 2.75) is 6.92 Å². The zero-order valence-electron chi connectivity index (χ0n) is 17.1. The van der Waals surface area contributed by atoms with Gasteiger partial charge < -0.3 is 9.64 Å². The zero-order valence-corrected chi connectivity index (χ0v) is 17.9. The standard InChI is InChI=1S/C23H16F2N4O2S/c1-3-29(23-28-20(19(12-26)32-23)13-7-9-14(24)10-8-13)18-11-17(22(30)31-2)27-21-15(18)5-4-6-16(21)25/h4-11H,3H2,1-2H3. The lowest BCUT2D eigenvalue weighted by atomic mass is 10.1. The Morgan fingerprint density at radius 2 is 1.94 bits per heavy atom. The monoisotopic (exact) mass is 450 g/mol. The van der Waals surface area contributed by atoms with Gasteiger partial charge in [-0.1, -0.05) is 23.5 Å². The van der Waals surface area contributed by atoms with Gasteiger partial charge in [-0.25, -0.2) is 23.5 Å². The molecule has 0 amide bonds. The largest absolute Gasteiger partial charge is 0.464 e. The molecule has 2 aromatic carbocycles. The van der Waals surface area contributed by atoms with E-state index in [2.05, 4.69) is 16.0 Å². The third-order valence-corrected chi connectivity index (χ3v) is 5.82. The maximum Gasteiger partial charge on any atom is 0.356 e. The topological polar surface area (TPSA) is 79.1 Å². The molecule has 2 heterocycles. The van der Waals surface area contributed by atoms with Crippen molar-refractivity contribution in [1.29, 1.82) is 5.26 Å². The Kier molecular flexibility index (Phi) is 5.79. The van der Waals surface area contributed by atoms with E-state index in [1.54, 1.807) is 29.2 Å². The van der Waals surface area contributed by atoms with Crippen LogP contribution in [-0.2, 0) is 4.74 Å². The summed E-state index contributed by atoms with van der Waals surface area (Å²) in [6.07, 6.45) is 0. The number of benzene rings is 2. The second-order valence-electron chi connectivity index (χ2n) is 6.69. The van der Waals surface area contributed by atoms with Gasteiger partial charge in [0.2, 0.25) is 0 Å². The minimum Gasteiger partial charge on any atom is -0.464 e. The number of hydrogen-bond acceptors (Lipinski definition) is 7. The minimum absolute atomic E-state index is 0.0275. The molecular weight excluding hydrogens is 434 g/mol. The van der Waals surface area contributed by atoms with Crippen LogP contribution >= 0.6 is 11.3 Å². The van der Waals surface area contributed by atoms with Gasteiger partial charge in [0.15, 0.2) is 10.8 Å². The maximum absolute atomic E-state index is 14.5. The first kappa shape index (κ1) is 21.3. The van der Waals surface area contributed by atoms with Crippen LogP contribution < -0.4 is 4.90 Å². The van der Waals surface area contributed by atoms with Crippen LogP contribution in [-0.4, -0.2) is 29.6 Å². The SMILES string of the molecule is CCN(c1nc(-c2ccc(F)cc2)c(C#N)s1)c1cc(C(=O)OC)nc2c(F)cccc12. The Morgan fingerprint density at radius 3 is 2.59 bits per heavy atom. The highest BCUT2D eigenvalue weighted by Crippen LogP contribution is 2.38. The second-order valence-corrected chi connectivity index (χ2v) is 7.67. The molecule has 0 spiro atoms. The highest BCUT2D eigenvalue weighted by molar-refractivity contribution is 7.16. The number of hydrogen-bond donors (Lipinski definition) is 0. The number of ether oxygens (including phenoxy) is 1. The number of rotatable bonds is 5. The van der Waals surface area contributed by atoms with Crippen molar-refractivity contribution >= 4 is 39.0 Å². The fourth-order valence-corrected chi connectivity index (χ4v) is 4.30. The first-order valence-electron chi connectivity index (χ1n) is 9.58. The number of carbonyl (C=O) groups excluding carboxylic acids is 1. The molecule has 9 heteroatoms. The normalized spacial score (nSPS) is 10.7. The number of methoxy groups -OCH3 is 1. The molecule has 32 heavy (non-hydrogen) atoms. The molecular formula is C23H16F2N4O2S. The van der Waals surface area contributed by atoms with E-state index < -0.39 is 17.6 Å². The summed E-state index contributed by atoms with van der Waals surface area (Å²) >= 11 is 1.15. The molecule has 0 fully saturated rings. The molecule has 0 bridgehead atoms. The first-order valence-corrected chi connectivity index (χ1v) is 10.4. The van der Waals surface area contributed by atoms with Crippen molar-refractivity contribution < 1.29 is 18.3 Å². The number of nitriles is 1. The van der Waals surface area contributed by atoms with Crippen LogP contribution in [0.3, 0.4) is 0 Å². The van der Waals surface area contributed by atoms with Crippen molar-refractivity contribution in [3.05, 3.63) is 70.7 Å². The van der Waals surface area contributed by atoms with Crippen LogP contribution in [0.1, 0.15) is 22.3 Å². The molecule has 2 aromatic heterocycles. The lowest BCUT2D eigenvalue weighted by Gasteiger charge is -2.22. The highest BCUT2D eigenvalue weighted by Gasteiger charge is 2.23. The van der Waals surface area contributed by atoms with Crippen LogP contribution in [0.2, 0.25) is 0 Å². The molecule has 160 valence electrons. The van der Waals surface area contributed by atoms with E-state index >= 15 is 0 Å². The van der Waals surface area contributed by atoms with Crippen molar-refractivity contribution in [3.63, 3.8) is 0 Å². The number of halogens is 2. The molecule has 0 atom stereocenters. The molecule has 0 unspecified atom stereocenters. The molecule has 4 rings (SSSR count). The number of para-hydroxylation sites is 1. The Labute approximate surface area is 186 Å². The fourth-order valence-electron chi connectivity index (χ4n) is 3.34. The van der Waals surface area contributed by atoms with Crippen LogP contribution in [0.25, 0.3) is 22.2 Å². The summed E-state index contributed by atoms with van der Waals surface area (Å²) in [6.45, 7) is 2.28. The number of anilines is 2. The Balaban J connectivity index is 1.91. The average molecular weight is 450 g/mol. The van der Waals surface area contributed by atoms with Crippen LogP contribution in [0.5, 0.6) is 0 Å². The molecule has 0 saturated carbocycles. The summed E-state index contributed by atoms with van der Waals surface area (Å²) in [7, 11) is 1.22. The fraction of sp³-hybridized carbons (Fsp3) is 0.130. The van der Waals surface area contributed by atoms with Gasteiger partial charge in [0.05, 0.1) is 12.8 Å². The van der Waals surface area contributed by atoms with E-state index in [-0.39, 0.29) is 11.2 Å². The third kappa shape index (κ3) is 3.76. The van der Waals surface area contributed by atoms with Gasteiger partial charge in [-0.2, -0.15) is 5.26 Å². The second kappa shape index (κ2) is 8.69. The van der Waals surface area contributed by atoms with E-state index in [0.29, 0.717) is 38.9 Å². The van der Waals surface area contributed by atoms with Crippen LogP contribution in [0.4, 0.5) is 19.6 Å². The number of esters is 1. The van der Waals surface area contributed by atoms with E-state index in [4.69, 9.17) is 4.74 Å². The predicted octanol–water partition coefficient (Wildman–Crippen LogP) is 5.45. The minimum atomic E-state index is -0.698. The van der Waals surface area contributed by atoms with E-state index in [1.807, 2.05) is 6.92 Å². The van der Waals surface area contributed by atoms with Gasteiger partial charge in [-0.05, 0) is 43.3 Å². The molecule has 6 nitrogen and oxygen atoms in total. The maximum atomic E-state index is 14.5. The molecule has 0 N–H and O–H groups in total. The third-order valence-electron chi connectivity index (χ3n) is 4.84.